The van der Waals surface area contributed by atoms with Crippen LogP contribution in [0, 0.1) is 0 Å². The zero-order valence-electron chi connectivity index (χ0n) is 15.4. The average molecular weight is 355 g/mol. The largest absolute Gasteiger partial charge is 0.496 e. The quantitative estimate of drug-likeness (QED) is 0.757. The average Bonchev–Trinajstić information content (AvgIpc) is 2.66. The molecule has 0 fully saturated rings. The molecule has 0 heterocycles. The van der Waals surface area contributed by atoms with E-state index in [1.807, 2.05) is 37.3 Å². The zero-order valence-corrected chi connectivity index (χ0v) is 15.4. The van der Waals surface area contributed by atoms with Crippen molar-refractivity contribution in [3.8, 4) is 5.75 Å². The lowest BCUT2D eigenvalue weighted by molar-refractivity contribution is -0.148. The number of nitrogens with one attached hydrogen (secondary N) is 1. The number of carboxylic acids is 1. The number of ether oxygens (including phenoxy) is 1. The number of carboxylic acid groups (broad SMARTS) is 1. The van der Waals surface area contributed by atoms with Crippen molar-refractivity contribution in [2.45, 2.75) is 38.1 Å². The summed E-state index contributed by atoms with van der Waals surface area (Å²) in [7, 11) is 1.59. The topological polar surface area (TPSA) is 75.6 Å². The maximum atomic E-state index is 12.7. The van der Waals surface area contributed by atoms with E-state index in [2.05, 4.69) is 5.32 Å². The van der Waals surface area contributed by atoms with Crippen molar-refractivity contribution in [2.24, 2.45) is 0 Å². The Hall–Kier alpha value is -2.82. The Morgan fingerprint density at radius 1 is 1.12 bits per heavy atom. The van der Waals surface area contributed by atoms with Gasteiger partial charge in [-0.15, -0.1) is 0 Å². The molecule has 0 bridgehead atoms. The first-order chi connectivity index (χ1) is 12.4. The SMILES string of the molecule is CCC(NC(=O)CC(C)c1ccccc1OC)(C(=O)O)c1ccccc1. The lowest BCUT2D eigenvalue weighted by Crippen LogP contribution is -2.51. The van der Waals surface area contributed by atoms with Gasteiger partial charge in [0.15, 0.2) is 5.54 Å². The number of aliphatic carboxylic acids is 1. The second-order valence-electron chi connectivity index (χ2n) is 6.33. The molecule has 0 aliphatic rings. The first kappa shape index (κ1) is 19.5. The van der Waals surface area contributed by atoms with Gasteiger partial charge in [-0.1, -0.05) is 62.4 Å². The minimum Gasteiger partial charge on any atom is -0.496 e. The highest BCUT2D eigenvalue weighted by molar-refractivity contribution is 5.88. The van der Waals surface area contributed by atoms with E-state index in [4.69, 9.17) is 4.74 Å². The van der Waals surface area contributed by atoms with Gasteiger partial charge in [0.05, 0.1) is 7.11 Å². The molecule has 5 nitrogen and oxygen atoms in total. The van der Waals surface area contributed by atoms with Crippen LogP contribution in [0.15, 0.2) is 54.6 Å². The van der Waals surface area contributed by atoms with Crippen LogP contribution in [-0.2, 0) is 15.1 Å². The molecule has 1 amide bonds. The van der Waals surface area contributed by atoms with E-state index in [9.17, 15) is 14.7 Å². The Bertz CT molecular complexity index is 760. The van der Waals surface area contributed by atoms with E-state index < -0.39 is 11.5 Å². The number of hydrogen-bond acceptors (Lipinski definition) is 3. The molecule has 2 aromatic rings. The number of para-hydroxylation sites is 1. The minimum absolute atomic E-state index is 0.106. The third-order valence-corrected chi connectivity index (χ3v) is 4.68. The Morgan fingerprint density at radius 2 is 1.73 bits per heavy atom. The number of benzene rings is 2. The van der Waals surface area contributed by atoms with Gasteiger partial charge in [0.2, 0.25) is 5.91 Å². The molecule has 0 aliphatic heterocycles. The maximum absolute atomic E-state index is 12.7. The Morgan fingerprint density at radius 3 is 2.31 bits per heavy atom. The summed E-state index contributed by atoms with van der Waals surface area (Å²) in [6, 6.07) is 16.3. The summed E-state index contributed by atoms with van der Waals surface area (Å²) in [4.78, 5) is 24.7. The van der Waals surface area contributed by atoms with E-state index in [0.29, 0.717) is 5.56 Å². The first-order valence-electron chi connectivity index (χ1n) is 8.67. The summed E-state index contributed by atoms with van der Waals surface area (Å²) in [6.07, 6.45) is 0.420. The monoisotopic (exact) mass is 355 g/mol. The van der Waals surface area contributed by atoms with Crippen molar-refractivity contribution in [1.29, 1.82) is 0 Å². The molecular formula is C21H25NO4. The van der Waals surface area contributed by atoms with E-state index >= 15 is 0 Å². The van der Waals surface area contributed by atoms with Crippen LogP contribution in [-0.4, -0.2) is 24.1 Å². The highest BCUT2D eigenvalue weighted by atomic mass is 16.5. The minimum atomic E-state index is -1.43. The summed E-state index contributed by atoms with van der Waals surface area (Å²) >= 11 is 0. The molecule has 0 saturated carbocycles. The molecular weight excluding hydrogens is 330 g/mol. The van der Waals surface area contributed by atoms with Crippen molar-refractivity contribution in [3.63, 3.8) is 0 Å². The van der Waals surface area contributed by atoms with Gasteiger partial charge in [-0.05, 0) is 29.5 Å². The van der Waals surface area contributed by atoms with Crippen molar-refractivity contribution in [3.05, 3.63) is 65.7 Å². The second-order valence-corrected chi connectivity index (χ2v) is 6.33. The van der Waals surface area contributed by atoms with Gasteiger partial charge < -0.3 is 15.2 Å². The molecule has 0 aromatic heterocycles. The van der Waals surface area contributed by atoms with Crippen molar-refractivity contribution < 1.29 is 19.4 Å². The van der Waals surface area contributed by atoms with Crippen molar-refractivity contribution in [2.75, 3.05) is 7.11 Å². The number of methoxy groups -OCH3 is 1. The summed E-state index contributed by atoms with van der Waals surface area (Å²) in [5, 5.41) is 12.6. The van der Waals surface area contributed by atoms with E-state index in [0.717, 1.165) is 11.3 Å². The highest BCUT2D eigenvalue weighted by Gasteiger charge is 2.40. The molecule has 0 saturated heterocycles. The second kappa shape index (κ2) is 8.52. The molecule has 138 valence electrons. The number of amides is 1. The Kier molecular flexibility index (Phi) is 6.39. The molecule has 0 aliphatic carbocycles. The first-order valence-corrected chi connectivity index (χ1v) is 8.67. The van der Waals surface area contributed by atoms with E-state index in [1.165, 1.54) is 0 Å². The molecule has 2 N–H and O–H groups in total. The smallest absolute Gasteiger partial charge is 0.334 e. The van der Waals surface area contributed by atoms with Crippen LogP contribution < -0.4 is 10.1 Å². The third kappa shape index (κ3) is 4.04. The van der Waals surface area contributed by atoms with Gasteiger partial charge in [-0.2, -0.15) is 0 Å². The summed E-state index contributed by atoms with van der Waals surface area (Å²) in [5.74, 6) is -0.762. The van der Waals surface area contributed by atoms with Crippen LogP contribution >= 0.6 is 0 Å². The predicted octanol–water partition coefficient (Wildman–Crippen LogP) is 3.70. The fourth-order valence-corrected chi connectivity index (χ4v) is 3.17. The number of carbonyl (C=O) groups excluding carboxylic acids is 1. The van der Waals surface area contributed by atoms with Gasteiger partial charge in [-0.25, -0.2) is 4.79 Å². The molecule has 26 heavy (non-hydrogen) atoms. The lowest BCUT2D eigenvalue weighted by Gasteiger charge is -2.30. The number of rotatable bonds is 8. The number of hydrogen-bond donors (Lipinski definition) is 2. The fraction of sp³-hybridized carbons (Fsp3) is 0.333. The fourth-order valence-electron chi connectivity index (χ4n) is 3.17. The van der Waals surface area contributed by atoms with Gasteiger partial charge >= 0.3 is 5.97 Å². The van der Waals surface area contributed by atoms with Crippen molar-refractivity contribution in [1.82, 2.24) is 5.32 Å². The third-order valence-electron chi connectivity index (χ3n) is 4.68. The van der Waals surface area contributed by atoms with Crippen LogP contribution in [0.3, 0.4) is 0 Å². The normalized spacial score (nSPS) is 14.1. The molecule has 2 rings (SSSR count). The molecule has 5 heteroatoms. The molecule has 0 spiro atoms. The van der Waals surface area contributed by atoms with Crippen LogP contribution in [0.25, 0.3) is 0 Å². The van der Waals surface area contributed by atoms with Gasteiger partial charge in [0, 0.05) is 6.42 Å². The highest BCUT2D eigenvalue weighted by Crippen LogP contribution is 2.30. The van der Waals surface area contributed by atoms with Crippen LogP contribution in [0.5, 0.6) is 5.75 Å². The van der Waals surface area contributed by atoms with Gasteiger partial charge in [-0.3, -0.25) is 4.79 Å². The van der Waals surface area contributed by atoms with Crippen LogP contribution in [0.1, 0.15) is 43.7 Å². The number of carbonyl (C=O) groups is 2. The Balaban J connectivity index is 2.21. The van der Waals surface area contributed by atoms with E-state index in [1.54, 1.807) is 38.3 Å². The van der Waals surface area contributed by atoms with Crippen LogP contribution in [0.2, 0.25) is 0 Å². The van der Waals surface area contributed by atoms with Gasteiger partial charge in [0.25, 0.3) is 0 Å². The zero-order chi connectivity index (χ0) is 19.2. The lowest BCUT2D eigenvalue weighted by atomic mass is 9.86. The molecule has 2 atom stereocenters. The predicted molar refractivity (Wildman–Crippen MR) is 100 cm³/mol. The summed E-state index contributed by atoms with van der Waals surface area (Å²) in [5.41, 5.74) is 0.0503. The summed E-state index contributed by atoms with van der Waals surface area (Å²) < 4.78 is 5.35. The molecule has 2 aromatic carbocycles. The van der Waals surface area contributed by atoms with Gasteiger partial charge in [0.1, 0.15) is 5.75 Å². The van der Waals surface area contributed by atoms with E-state index in [-0.39, 0.29) is 24.7 Å². The molecule has 0 radical (unpaired) electrons. The molecule has 2 unspecified atom stereocenters. The standard InChI is InChI=1S/C21H25NO4/c1-4-21(20(24)25,16-10-6-5-7-11-16)22-19(23)14-15(2)17-12-8-9-13-18(17)26-3/h5-13,15H,4,14H2,1-3H3,(H,22,23)(H,24,25). The van der Waals surface area contributed by atoms with Crippen molar-refractivity contribution >= 4 is 11.9 Å². The van der Waals surface area contributed by atoms with Crippen LogP contribution in [0.4, 0.5) is 0 Å². The summed E-state index contributed by atoms with van der Waals surface area (Å²) in [6.45, 7) is 3.68. The Labute approximate surface area is 154 Å². The maximum Gasteiger partial charge on any atom is 0.334 e.